The minimum Gasteiger partial charge on any atom is -0.493 e. The zero-order valence-corrected chi connectivity index (χ0v) is 11.1. The van der Waals surface area contributed by atoms with Gasteiger partial charge in [-0.1, -0.05) is 0 Å². The van der Waals surface area contributed by atoms with Crippen molar-refractivity contribution in [3.8, 4) is 11.5 Å². The fraction of sp³-hybridized carbons (Fsp3) is 0.200. The molecule has 102 valence electrons. The molecule has 0 aliphatic rings. The standard InChI is InChI=1S/C10H12N4O4S/c1-17-8-4-3-7(14(15)16)6(9(8)18-2)5-12-13-10(11)19/h3-5H,1-2H3,(H3,11,13,19). The molecule has 0 amide bonds. The highest BCUT2D eigenvalue weighted by Gasteiger charge is 2.21. The van der Waals surface area contributed by atoms with Crippen LogP contribution in [0.1, 0.15) is 5.56 Å². The first kappa shape index (κ1) is 14.6. The number of ether oxygens (including phenoxy) is 2. The lowest BCUT2D eigenvalue weighted by Crippen LogP contribution is -2.24. The first-order valence-corrected chi connectivity index (χ1v) is 5.40. The van der Waals surface area contributed by atoms with Gasteiger partial charge in [0.05, 0.1) is 25.4 Å². The molecule has 0 saturated carbocycles. The molecule has 0 atom stereocenters. The van der Waals surface area contributed by atoms with E-state index in [1.807, 2.05) is 0 Å². The fourth-order valence-electron chi connectivity index (χ4n) is 1.38. The van der Waals surface area contributed by atoms with Gasteiger partial charge in [-0.25, -0.2) is 0 Å². The summed E-state index contributed by atoms with van der Waals surface area (Å²) < 4.78 is 10.2. The van der Waals surface area contributed by atoms with Gasteiger partial charge in [0.15, 0.2) is 16.6 Å². The lowest BCUT2D eigenvalue weighted by atomic mass is 10.1. The van der Waals surface area contributed by atoms with Gasteiger partial charge in [-0.15, -0.1) is 0 Å². The van der Waals surface area contributed by atoms with Gasteiger partial charge in [-0.3, -0.25) is 15.5 Å². The Hall–Kier alpha value is -2.42. The average molecular weight is 284 g/mol. The lowest BCUT2D eigenvalue weighted by molar-refractivity contribution is -0.385. The van der Waals surface area contributed by atoms with Crippen molar-refractivity contribution in [3.63, 3.8) is 0 Å². The molecule has 0 heterocycles. The van der Waals surface area contributed by atoms with Gasteiger partial charge in [0, 0.05) is 6.07 Å². The predicted octanol–water partition coefficient (Wildman–Crippen LogP) is 0.779. The number of nitrogens with zero attached hydrogens (tertiary/aromatic N) is 2. The average Bonchev–Trinajstić information content (AvgIpc) is 2.37. The highest BCUT2D eigenvalue weighted by molar-refractivity contribution is 7.80. The molecule has 9 heteroatoms. The van der Waals surface area contributed by atoms with Crippen LogP contribution in [0.2, 0.25) is 0 Å². The van der Waals surface area contributed by atoms with Gasteiger partial charge in [-0.2, -0.15) is 5.10 Å². The van der Waals surface area contributed by atoms with Gasteiger partial charge in [-0.05, 0) is 18.3 Å². The molecule has 0 fully saturated rings. The first-order valence-electron chi connectivity index (χ1n) is 4.99. The number of methoxy groups -OCH3 is 2. The Morgan fingerprint density at radius 3 is 2.68 bits per heavy atom. The Bertz CT molecular complexity index is 533. The van der Waals surface area contributed by atoms with Crippen LogP contribution in [0.25, 0.3) is 0 Å². The molecule has 3 N–H and O–H groups in total. The van der Waals surface area contributed by atoms with Crippen LogP contribution in [0.4, 0.5) is 5.69 Å². The van der Waals surface area contributed by atoms with Crippen molar-refractivity contribution in [1.82, 2.24) is 5.43 Å². The third-order valence-electron chi connectivity index (χ3n) is 2.13. The Balaban J connectivity index is 3.32. The van der Waals surface area contributed by atoms with Crippen LogP contribution in [-0.4, -0.2) is 30.5 Å². The van der Waals surface area contributed by atoms with Crippen molar-refractivity contribution in [2.75, 3.05) is 14.2 Å². The Labute approximate surface area is 114 Å². The quantitative estimate of drug-likeness (QED) is 0.355. The minimum atomic E-state index is -0.552. The summed E-state index contributed by atoms with van der Waals surface area (Å²) in [5.41, 5.74) is 7.48. The molecule has 0 bridgehead atoms. The van der Waals surface area contributed by atoms with Crippen LogP contribution < -0.4 is 20.6 Å². The second kappa shape index (κ2) is 6.50. The number of benzene rings is 1. The number of nitro benzene ring substituents is 1. The number of nitro groups is 1. The molecule has 0 spiro atoms. The summed E-state index contributed by atoms with van der Waals surface area (Å²) >= 11 is 4.57. The summed E-state index contributed by atoms with van der Waals surface area (Å²) in [6.07, 6.45) is 1.19. The van der Waals surface area contributed by atoms with Crippen molar-refractivity contribution < 1.29 is 14.4 Å². The van der Waals surface area contributed by atoms with E-state index in [4.69, 9.17) is 15.2 Å². The maximum Gasteiger partial charge on any atom is 0.282 e. The van der Waals surface area contributed by atoms with Crippen molar-refractivity contribution in [1.29, 1.82) is 0 Å². The van der Waals surface area contributed by atoms with Crippen LogP contribution in [0, 0.1) is 10.1 Å². The molecule has 19 heavy (non-hydrogen) atoms. The van der Waals surface area contributed by atoms with Crippen molar-refractivity contribution in [3.05, 3.63) is 27.8 Å². The van der Waals surface area contributed by atoms with Crippen LogP contribution >= 0.6 is 12.2 Å². The third kappa shape index (κ3) is 3.52. The molecule has 1 aromatic carbocycles. The first-order chi connectivity index (χ1) is 9.01. The van der Waals surface area contributed by atoms with E-state index >= 15 is 0 Å². The molecular formula is C10H12N4O4S. The fourth-order valence-corrected chi connectivity index (χ4v) is 1.44. The largest absolute Gasteiger partial charge is 0.493 e. The zero-order valence-electron chi connectivity index (χ0n) is 10.2. The van der Waals surface area contributed by atoms with E-state index in [-0.39, 0.29) is 22.1 Å². The molecular weight excluding hydrogens is 272 g/mol. The zero-order chi connectivity index (χ0) is 14.4. The van der Waals surface area contributed by atoms with E-state index < -0.39 is 4.92 Å². The number of hydrazone groups is 1. The Morgan fingerprint density at radius 1 is 1.53 bits per heavy atom. The molecule has 0 saturated heterocycles. The monoisotopic (exact) mass is 284 g/mol. The van der Waals surface area contributed by atoms with E-state index in [2.05, 4.69) is 22.7 Å². The van der Waals surface area contributed by atoms with Gasteiger partial charge < -0.3 is 15.2 Å². The van der Waals surface area contributed by atoms with E-state index in [9.17, 15) is 10.1 Å². The SMILES string of the molecule is COc1ccc([N+](=O)[O-])c(C=NNC(N)=S)c1OC. The number of nitrogens with one attached hydrogen (secondary N) is 1. The maximum atomic E-state index is 11.0. The Kier molecular flexibility index (Phi) is 5.01. The Morgan fingerprint density at radius 2 is 2.21 bits per heavy atom. The van der Waals surface area contributed by atoms with Crippen molar-refractivity contribution in [2.24, 2.45) is 10.8 Å². The molecule has 0 aliphatic heterocycles. The van der Waals surface area contributed by atoms with Gasteiger partial charge >= 0.3 is 0 Å². The second-order valence-corrected chi connectivity index (χ2v) is 3.67. The number of rotatable bonds is 5. The normalized spacial score (nSPS) is 10.2. The third-order valence-corrected chi connectivity index (χ3v) is 2.22. The van der Waals surface area contributed by atoms with Crippen LogP contribution in [0.15, 0.2) is 17.2 Å². The number of hydrogen-bond donors (Lipinski definition) is 2. The van der Waals surface area contributed by atoms with Crippen LogP contribution in [-0.2, 0) is 0 Å². The highest BCUT2D eigenvalue weighted by atomic mass is 32.1. The molecule has 8 nitrogen and oxygen atoms in total. The summed E-state index contributed by atoms with van der Waals surface area (Å²) in [6, 6.07) is 2.73. The molecule has 0 aliphatic carbocycles. The van der Waals surface area contributed by atoms with E-state index in [1.54, 1.807) is 0 Å². The molecule has 1 rings (SSSR count). The number of hydrogen-bond acceptors (Lipinski definition) is 6. The lowest BCUT2D eigenvalue weighted by Gasteiger charge is -2.10. The number of thiocarbonyl (C=S) groups is 1. The highest BCUT2D eigenvalue weighted by Crippen LogP contribution is 2.35. The summed E-state index contributed by atoms with van der Waals surface area (Å²) in [4.78, 5) is 10.4. The topological polar surface area (TPSA) is 112 Å². The summed E-state index contributed by atoms with van der Waals surface area (Å²) in [6.45, 7) is 0. The summed E-state index contributed by atoms with van der Waals surface area (Å²) in [7, 11) is 2.80. The maximum absolute atomic E-state index is 11.0. The van der Waals surface area contributed by atoms with Crippen molar-refractivity contribution in [2.45, 2.75) is 0 Å². The van der Waals surface area contributed by atoms with Gasteiger partial charge in [0.2, 0.25) is 0 Å². The van der Waals surface area contributed by atoms with E-state index in [0.29, 0.717) is 5.75 Å². The van der Waals surface area contributed by atoms with E-state index in [1.165, 1.54) is 32.6 Å². The molecule has 0 unspecified atom stereocenters. The van der Waals surface area contributed by atoms with Gasteiger partial charge in [0.25, 0.3) is 5.69 Å². The van der Waals surface area contributed by atoms with E-state index in [0.717, 1.165) is 0 Å². The molecule has 1 aromatic rings. The summed E-state index contributed by atoms with van der Waals surface area (Å²) in [5, 5.41) is 14.6. The second-order valence-electron chi connectivity index (χ2n) is 3.23. The summed E-state index contributed by atoms with van der Waals surface area (Å²) in [5.74, 6) is 0.551. The minimum absolute atomic E-state index is 0.0548. The predicted molar refractivity (Wildman–Crippen MR) is 73.7 cm³/mol. The van der Waals surface area contributed by atoms with Crippen LogP contribution in [0.3, 0.4) is 0 Å². The van der Waals surface area contributed by atoms with Crippen molar-refractivity contribution >= 4 is 29.2 Å². The molecule has 0 aromatic heterocycles. The molecule has 0 radical (unpaired) electrons. The van der Waals surface area contributed by atoms with Gasteiger partial charge in [0.1, 0.15) is 5.56 Å². The smallest absolute Gasteiger partial charge is 0.282 e. The van der Waals surface area contributed by atoms with Crippen LogP contribution in [0.5, 0.6) is 11.5 Å². The number of nitrogens with two attached hydrogens (primary N) is 1.